The summed E-state index contributed by atoms with van der Waals surface area (Å²) in [5, 5.41) is 3.08. The van der Waals surface area contributed by atoms with E-state index in [1.165, 1.54) is 11.1 Å². The van der Waals surface area contributed by atoms with Crippen LogP contribution in [0.25, 0.3) is 0 Å². The summed E-state index contributed by atoms with van der Waals surface area (Å²) in [4.78, 5) is 11.8. The van der Waals surface area contributed by atoms with E-state index >= 15 is 0 Å². The minimum absolute atomic E-state index is 0.0216. The van der Waals surface area contributed by atoms with Gasteiger partial charge in [0.1, 0.15) is 0 Å². The van der Waals surface area contributed by atoms with Crippen LogP contribution in [-0.4, -0.2) is 11.9 Å². The lowest BCUT2D eigenvalue weighted by Crippen LogP contribution is -2.33. The van der Waals surface area contributed by atoms with Crippen LogP contribution in [0.5, 0.6) is 0 Å². The number of hydrogen-bond acceptors (Lipinski definition) is 2. The summed E-state index contributed by atoms with van der Waals surface area (Å²) in [6, 6.07) is 8.48. The van der Waals surface area contributed by atoms with Crippen LogP contribution >= 0.6 is 0 Å². The third-order valence-corrected chi connectivity index (χ3v) is 3.44. The minimum atomic E-state index is -0.0216. The second kappa shape index (κ2) is 5.32. The molecule has 3 nitrogen and oxygen atoms in total. The number of aryl methyl sites for hydroxylation is 1. The number of nitrogens with one attached hydrogen (secondary N) is 1. The summed E-state index contributed by atoms with van der Waals surface area (Å²) in [5.74, 6) is 0.0704. The highest BCUT2D eigenvalue weighted by Crippen LogP contribution is 2.30. The van der Waals surface area contributed by atoms with Crippen molar-refractivity contribution in [3.05, 3.63) is 35.4 Å². The zero-order chi connectivity index (χ0) is 12.3. The van der Waals surface area contributed by atoms with Gasteiger partial charge in [-0.15, -0.1) is 0 Å². The molecule has 2 atom stereocenters. The highest BCUT2D eigenvalue weighted by molar-refractivity contribution is 5.77. The standard InChI is InChI=1S/C14H20N2O/c1-2-11(15)9-14(17)16-13-8-7-10-5-3-4-6-12(10)13/h3-6,11,13H,2,7-9,15H2,1H3,(H,16,17). The minimum Gasteiger partial charge on any atom is -0.349 e. The maximum Gasteiger partial charge on any atom is 0.222 e. The summed E-state index contributed by atoms with van der Waals surface area (Å²) in [5.41, 5.74) is 8.41. The van der Waals surface area contributed by atoms with Gasteiger partial charge < -0.3 is 11.1 Å². The average Bonchev–Trinajstić information content (AvgIpc) is 2.72. The first-order valence-electron chi connectivity index (χ1n) is 6.33. The fourth-order valence-electron chi connectivity index (χ4n) is 2.34. The van der Waals surface area contributed by atoms with Crippen molar-refractivity contribution >= 4 is 5.91 Å². The Bertz CT molecular complexity index is 403. The van der Waals surface area contributed by atoms with E-state index in [0.29, 0.717) is 6.42 Å². The Kier molecular flexibility index (Phi) is 3.79. The molecule has 2 unspecified atom stereocenters. The van der Waals surface area contributed by atoms with Gasteiger partial charge in [-0.3, -0.25) is 4.79 Å². The van der Waals surface area contributed by atoms with Crippen molar-refractivity contribution in [1.29, 1.82) is 0 Å². The van der Waals surface area contributed by atoms with Gasteiger partial charge in [0, 0.05) is 12.5 Å². The summed E-state index contributed by atoms with van der Waals surface area (Å²) >= 11 is 0. The first kappa shape index (κ1) is 12.1. The van der Waals surface area contributed by atoms with Crippen LogP contribution in [0, 0.1) is 0 Å². The number of carbonyl (C=O) groups is 1. The molecule has 3 N–H and O–H groups in total. The van der Waals surface area contributed by atoms with Crippen molar-refractivity contribution in [2.75, 3.05) is 0 Å². The van der Waals surface area contributed by atoms with Gasteiger partial charge in [0.15, 0.2) is 0 Å². The van der Waals surface area contributed by atoms with Gasteiger partial charge in [0.2, 0.25) is 5.91 Å². The Morgan fingerprint density at radius 2 is 2.29 bits per heavy atom. The van der Waals surface area contributed by atoms with Crippen molar-refractivity contribution in [3.8, 4) is 0 Å². The van der Waals surface area contributed by atoms with Gasteiger partial charge in [-0.25, -0.2) is 0 Å². The van der Waals surface area contributed by atoms with E-state index in [2.05, 4.69) is 23.5 Å². The maximum absolute atomic E-state index is 11.8. The Morgan fingerprint density at radius 1 is 1.53 bits per heavy atom. The van der Waals surface area contributed by atoms with Crippen LogP contribution < -0.4 is 11.1 Å². The van der Waals surface area contributed by atoms with Gasteiger partial charge in [0.05, 0.1) is 6.04 Å². The zero-order valence-corrected chi connectivity index (χ0v) is 10.3. The van der Waals surface area contributed by atoms with E-state index in [0.717, 1.165) is 19.3 Å². The van der Waals surface area contributed by atoms with Crippen LogP contribution in [0.4, 0.5) is 0 Å². The molecule has 0 radical (unpaired) electrons. The molecule has 0 fully saturated rings. The van der Waals surface area contributed by atoms with Gasteiger partial charge in [0.25, 0.3) is 0 Å². The molecule has 1 amide bonds. The number of carbonyl (C=O) groups excluding carboxylic acids is 1. The van der Waals surface area contributed by atoms with Gasteiger partial charge in [-0.2, -0.15) is 0 Å². The molecule has 2 rings (SSSR count). The number of fused-ring (bicyclic) bond motifs is 1. The van der Waals surface area contributed by atoms with Crippen LogP contribution in [0.15, 0.2) is 24.3 Å². The first-order chi connectivity index (χ1) is 8.20. The average molecular weight is 232 g/mol. The quantitative estimate of drug-likeness (QED) is 0.833. The molecule has 0 heterocycles. The van der Waals surface area contributed by atoms with Gasteiger partial charge in [-0.1, -0.05) is 31.2 Å². The predicted molar refractivity (Wildman–Crippen MR) is 68.5 cm³/mol. The molecule has 1 aromatic rings. The lowest BCUT2D eigenvalue weighted by atomic mass is 10.1. The summed E-state index contributed by atoms with van der Waals surface area (Å²) in [7, 11) is 0. The molecule has 3 heteroatoms. The van der Waals surface area contributed by atoms with Gasteiger partial charge >= 0.3 is 0 Å². The van der Waals surface area contributed by atoms with Crippen molar-refractivity contribution in [1.82, 2.24) is 5.32 Å². The number of benzene rings is 1. The normalized spacial score (nSPS) is 19.8. The molecule has 92 valence electrons. The number of nitrogens with two attached hydrogens (primary N) is 1. The molecule has 1 aromatic carbocycles. The van der Waals surface area contributed by atoms with Crippen LogP contribution in [0.3, 0.4) is 0 Å². The van der Waals surface area contributed by atoms with Crippen molar-refractivity contribution in [2.24, 2.45) is 5.73 Å². The zero-order valence-electron chi connectivity index (χ0n) is 10.3. The first-order valence-corrected chi connectivity index (χ1v) is 6.33. The predicted octanol–water partition coefficient (Wildman–Crippen LogP) is 1.92. The maximum atomic E-state index is 11.8. The Labute approximate surface area is 102 Å². The smallest absolute Gasteiger partial charge is 0.222 e. The number of rotatable bonds is 4. The molecule has 0 aliphatic heterocycles. The van der Waals surface area contributed by atoms with Crippen LogP contribution in [0.1, 0.15) is 43.4 Å². The molecule has 0 saturated carbocycles. The second-order valence-corrected chi connectivity index (χ2v) is 4.73. The molecule has 0 aromatic heterocycles. The Hall–Kier alpha value is -1.35. The highest BCUT2D eigenvalue weighted by atomic mass is 16.1. The van der Waals surface area contributed by atoms with E-state index in [4.69, 9.17) is 5.73 Å². The highest BCUT2D eigenvalue weighted by Gasteiger charge is 2.23. The Morgan fingerprint density at radius 3 is 3.06 bits per heavy atom. The monoisotopic (exact) mass is 232 g/mol. The number of amides is 1. The van der Waals surface area contributed by atoms with E-state index in [1.807, 2.05) is 13.0 Å². The van der Waals surface area contributed by atoms with E-state index in [9.17, 15) is 4.79 Å². The van der Waals surface area contributed by atoms with Crippen molar-refractivity contribution < 1.29 is 4.79 Å². The third kappa shape index (κ3) is 2.86. The van der Waals surface area contributed by atoms with Gasteiger partial charge in [-0.05, 0) is 30.4 Å². The summed E-state index contributed by atoms with van der Waals surface area (Å²) < 4.78 is 0. The molecule has 0 spiro atoms. The molecule has 0 bridgehead atoms. The van der Waals surface area contributed by atoms with Crippen molar-refractivity contribution in [2.45, 2.75) is 44.7 Å². The second-order valence-electron chi connectivity index (χ2n) is 4.73. The summed E-state index contributed by atoms with van der Waals surface area (Å²) in [6.07, 6.45) is 3.33. The third-order valence-electron chi connectivity index (χ3n) is 3.44. The molecular weight excluding hydrogens is 212 g/mol. The molecule has 0 saturated heterocycles. The summed E-state index contributed by atoms with van der Waals surface area (Å²) in [6.45, 7) is 2.00. The molecule has 17 heavy (non-hydrogen) atoms. The van der Waals surface area contributed by atoms with Crippen LogP contribution in [0.2, 0.25) is 0 Å². The Balaban J connectivity index is 1.95. The van der Waals surface area contributed by atoms with Crippen LogP contribution in [-0.2, 0) is 11.2 Å². The fourth-order valence-corrected chi connectivity index (χ4v) is 2.34. The van der Waals surface area contributed by atoms with E-state index < -0.39 is 0 Å². The lowest BCUT2D eigenvalue weighted by Gasteiger charge is -2.15. The van der Waals surface area contributed by atoms with E-state index in [-0.39, 0.29) is 18.0 Å². The number of hydrogen-bond donors (Lipinski definition) is 2. The lowest BCUT2D eigenvalue weighted by molar-refractivity contribution is -0.122. The fraction of sp³-hybridized carbons (Fsp3) is 0.500. The SMILES string of the molecule is CCC(N)CC(=O)NC1CCc2ccccc21. The molecule has 1 aliphatic rings. The molecule has 1 aliphatic carbocycles. The largest absolute Gasteiger partial charge is 0.349 e. The van der Waals surface area contributed by atoms with E-state index in [1.54, 1.807) is 0 Å². The molecular formula is C14H20N2O. The van der Waals surface area contributed by atoms with Crippen molar-refractivity contribution in [3.63, 3.8) is 0 Å². The topological polar surface area (TPSA) is 55.1 Å².